The second-order valence-corrected chi connectivity index (χ2v) is 9.30. The molecule has 2 aromatic carbocycles. The number of hydrogen-bond donors (Lipinski definition) is 2. The lowest BCUT2D eigenvalue weighted by Crippen LogP contribution is -2.41. The highest BCUT2D eigenvalue weighted by Crippen LogP contribution is 2.21. The van der Waals surface area contributed by atoms with Crippen LogP contribution >= 0.6 is 0 Å². The summed E-state index contributed by atoms with van der Waals surface area (Å²) in [5.41, 5.74) is 5.85. The Kier molecular flexibility index (Phi) is 7.64. The largest absolute Gasteiger partial charge is 0.493 e. The van der Waals surface area contributed by atoms with Crippen LogP contribution in [0, 0.1) is 6.92 Å². The van der Waals surface area contributed by atoms with Crippen molar-refractivity contribution in [2.75, 3.05) is 19.7 Å². The molecule has 2 amide bonds. The predicted octanol–water partition coefficient (Wildman–Crippen LogP) is 2.40. The van der Waals surface area contributed by atoms with E-state index in [1.807, 2.05) is 31.2 Å². The molecule has 2 aromatic rings. The first kappa shape index (κ1) is 22.8. The fourth-order valence-electron chi connectivity index (χ4n) is 3.27. The molecule has 1 fully saturated rings. The Balaban J connectivity index is 1.46. The van der Waals surface area contributed by atoms with Gasteiger partial charge in [0.2, 0.25) is 15.9 Å². The van der Waals surface area contributed by atoms with E-state index in [1.54, 1.807) is 0 Å². The molecule has 0 saturated carbocycles. The van der Waals surface area contributed by atoms with E-state index in [1.165, 1.54) is 28.6 Å². The summed E-state index contributed by atoms with van der Waals surface area (Å²) in [5.74, 6) is -0.162. The molecule has 0 unspecified atom stereocenters. The van der Waals surface area contributed by atoms with Crippen LogP contribution in [0.3, 0.4) is 0 Å². The number of carbonyl (C=O) groups is 2. The highest BCUT2D eigenvalue weighted by Gasteiger charge is 2.27. The number of carbonyl (C=O) groups excluding carboxylic acids is 2. The van der Waals surface area contributed by atoms with Crippen molar-refractivity contribution in [2.45, 2.75) is 37.5 Å². The van der Waals surface area contributed by atoms with Gasteiger partial charge in [0.25, 0.3) is 5.91 Å². The number of rotatable bonds is 8. The zero-order valence-corrected chi connectivity index (χ0v) is 18.3. The summed E-state index contributed by atoms with van der Waals surface area (Å²) >= 11 is 0. The predicted molar refractivity (Wildman–Crippen MR) is 116 cm³/mol. The molecule has 1 saturated heterocycles. The van der Waals surface area contributed by atoms with Gasteiger partial charge >= 0.3 is 0 Å². The molecule has 0 aliphatic carbocycles. The van der Waals surface area contributed by atoms with Crippen molar-refractivity contribution in [3.63, 3.8) is 0 Å². The van der Waals surface area contributed by atoms with Crippen LogP contribution < -0.4 is 15.6 Å². The standard InChI is InChI=1S/C22H27N3O5S/c1-17-8-2-3-11-20(17)30-15-7-12-21(26)23-24-22(27)18-9-6-10-19(16-18)31(28,29)25-13-4-5-14-25/h2-3,6,8-11,16H,4-5,7,12-15H2,1H3,(H,23,26)(H,24,27). The van der Waals surface area contributed by atoms with Crippen LogP contribution in [0.4, 0.5) is 0 Å². The lowest BCUT2D eigenvalue weighted by atomic mass is 10.2. The van der Waals surface area contributed by atoms with E-state index in [9.17, 15) is 18.0 Å². The third-order valence-electron chi connectivity index (χ3n) is 5.01. The smallest absolute Gasteiger partial charge is 0.269 e. The van der Waals surface area contributed by atoms with E-state index in [0.717, 1.165) is 24.2 Å². The van der Waals surface area contributed by atoms with Crippen molar-refractivity contribution in [3.05, 3.63) is 59.7 Å². The Morgan fingerprint density at radius 2 is 1.77 bits per heavy atom. The van der Waals surface area contributed by atoms with Gasteiger partial charge in [-0.25, -0.2) is 8.42 Å². The number of amides is 2. The SMILES string of the molecule is Cc1ccccc1OCCCC(=O)NNC(=O)c1cccc(S(=O)(=O)N2CCCC2)c1. The van der Waals surface area contributed by atoms with Gasteiger partial charge in [-0.2, -0.15) is 4.31 Å². The number of benzene rings is 2. The topological polar surface area (TPSA) is 105 Å². The number of para-hydroxylation sites is 1. The maximum Gasteiger partial charge on any atom is 0.269 e. The molecule has 3 rings (SSSR count). The van der Waals surface area contributed by atoms with Crippen molar-refractivity contribution in [2.24, 2.45) is 0 Å². The fourth-order valence-corrected chi connectivity index (χ4v) is 4.83. The third kappa shape index (κ3) is 6.05. The van der Waals surface area contributed by atoms with Gasteiger partial charge in [-0.15, -0.1) is 0 Å². The van der Waals surface area contributed by atoms with Crippen LogP contribution in [-0.2, 0) is 14.8 Å². The minimum absolute atomic E-state index is 0.0710. The summed E-state index contributed by atoms with van der Waals surface area (Å²) in [4.78, 5) is 24.4. The molecule has 166 valence electrons. The second-order valence-electron chi connectivity index (χ2n) is 7.36. The first-order valence-electron chi connectivity index (χ1n) is 10.3. The molecule has 8 nitrogen and oxygen atoms in total. The maximum absolute atomic E-state index is 12.7. The summed E-state index contributed by atoms with van der Waals surface area (Å²) in [5, 5.41) is 0. The number of aryl methyl sites for hydroxylation is 1. The summed E-state index contributed by atoms with van der Waals surface area (Å²) < 4.78 is 32.4. The highest BCUT2D eigenvalue weighted by molar-refractivity contribution is 7.89. The fraction of sp³-hybridized carbons (Fsp3) is 0.364. The maximum atomic E-state index is 12.7. The summed E-state index contributed by atoms with van der Waals surface area (Å²) in [6.45, 7) is 3.30. The number of hydrogen-bond acceptors (Lipinski definition) is 5. The van der Waals surface area contributed by atoms with Gasteiger partial charge in [0, 0.05) is 25.1 Å². The molecular formula is C22H27N3O5S. The first-order chi connectivity index (χ1) is 14.9. The summed E-state index contributed by atoms with van der Waals surface area (Å²) in [6.07, 6.45) is 2.33. The van der Waals surface area contributed by atoms with Crippen LogP contribution in [0.5, 0.6) is 5.75 Å². The molecule has 0 aromatic heterocycles. The van der Waals surface area contributed by atoms with Gasteiger partial charge in [-0.3, -0.25) is 20.4 Å². The Labute approximate surface area is 182 Å². The van der Waals surface area contributed by atoms with E-state index in [4.69, 9.17) is 4.74 Å². The van der Waals surface area contributed by atoms with E-state index < -0.39 is 15.9 Å². The molecule has 1 aliphatic rings. The Morgan fingerprint density at radius 1 is 1.03 bits per heavy atom. The first-order valence-corrected chi connectivity index (χ1v) is 11.7. The second kappa shape index (κ2) is 10.4. The Morgan fingerprint density at radius 3 is 2.52 bits per heavy atom. The van der Waals surface area contributed by atoms with Gasteiger partial charge in [0.1, 0.15) is 5.75 Å². The van der Waals surface area contributed by atoms with E-state index >= 15 is 0 Å². The molecule has 1 aliphatic heterocycles. The normalized spacial score (nSPS) is 14.2. The van der Waals surface area contributed by atoms with Crippen LogP contribution in [0.15, 0.2) is 53.4 Å². The van der Waals surface area contributed by atoms with Crippen molar-refractivity contribution in [1.29, 1.82) is 0 Å². The van der Waals surface area contributed by atoms with E-state index in [2.05, 4.69) is 10.9 Å². The summed E-state index contributed by atoms with van der Waals surface area (Å²) in [6, 6.07) is 13.4. The lowest BCUT2D eigenvalue weighted by Gasteiger charge is -2.16. The zero-order chi connectivity index (χ0) is 22.3. The molecular weight excluding hydrogens is 418 g/mol. The molecule has 31 heavy (non-hydrogen) atoms. The monoisotopic (exact) mass is 445 g/mol. The molecule has 0 spiro atoms. The molecule has 9 heteroatoms. The number of sulfonamides is 1. The van der Waals surface area contributed by atoms with Gasteiger partial charge in [0.15, 0.2) is 0 Å². The van der Waals surface area contributed by atoms with Gasteiger partial charge in [-0.1, -0.05) is 24.3 Å². The third-order valence-corrected chi connectivity index (χ3v) is 6.91. The minimum Gasteiger partial charge on any atom is -0.493 e. The molecule has 0 atom stereocenters. The van der Waals surface area contributed by atoms with Crippen LogP contribution in [0.1, 0.15) is 41.6 Å². The number of ether oxygens (including phenoxy) is 1. The van der Waals surface area contributed by atoms with Crippen molar-refractivity contribution in [1.82, 2.24) is 15.2 Å². The van der Waals surface area contributed by atoms with E-state index in [0.29, 0.717) is 26.1 Å². The average Bonchev–Trinajstić information content (AvgIpc) is 3.32. The van der Waals surface area contributed by atoms with Crippen molar-refractivity contribution in [3.8, 4) is 5.75 Å². The van der Waals surface area contributed by atoms with Gasteiger partial charge in [-0.05, 0) is 56.0 Å². The van der Waals surface area contributed by atoms with Crippen LogP contribution in [0.2, 0.25) is 0 Å². The summed E-state index contributed by atoms with van der Waals surface area (Å²) in [7, 11) is -3.61. The molecule has 1 heterocycles. The number of hydrazine groups is 1. The quantitative estimate of drug-likeness (QED) is 0.480. The highest BCUT2D eigenvalue weighted by atomic mass is 32.2. The van der Waals surface area contributed by atoms with Crippen molar-refractivity contribution < 1.29 is 22.7 Å². The van der Waals surface area contributed by atoms with Crippen LogP contribution in [-0.4, -0.2) is 44.2 Å². The minimum atomic E-state index is -3.61. The van der Waals surface area contributed by atoms with E-state index in [-0.39, 0.29) is 22.8 Å². The Bertz CT molecular complexity index is 1030. The average molecular weight is 446 g/mol. The molecule has 0 bridgehead atoms. The number of nitrogens with one attached hydrogen (secondary N) is 2. The molecule has 0 radical (unpaired) electrons. The van der Waals surface area contributed by atoms with Gasteiger partial charge < -0.3 is 4.74 Å². The lowest BCUT2D eigenvalue weighted by molar-refractivity contribution is -0.122. The molecule has 2 N–H and O–H groups in total. The number of nitrogens with zero attached hydrogens (tertiary/aromatic N) is 1. The van der Waals surface area contributed by atoms with Gasteiger partial charge in [0.05, 0.1) is 11.5 Å². The van der Waals surface area contributed by atoms with Crippen LogP contribution in [0.25, 0.3) is 0 Å². The zero-order valence-electron chi connectivity index (χ0n) is 17.5. The van der Waals surface area contributed by atoms with Crippen molar-refractivity contribution >= 4 is 21.8 Å². The Hall–Kier alpha value is -2.91.